The maximum atomic E-state index is 9.35. The van der Waals surface area contributed by atoms with E-state index in [0.29, 0.717) is 4.47 Å². The Morgan fingerprint density at radius 1 is 0.800 bits per heavy atom. The summed E-state index contributed by atoms with van der Waals surface area (Å²) in [6.07, 6.45) is 0. The molecule has 0 saturated heterocycles. The Kier molecular flexibility index (Phi) is 2.64. The van der Waals surface area contributed by atoms with Crippen LogP contribution < -0.4 is 0 Å². The summed E-state index contributed by atoms with van der Waals surface area (Å²) in [7, 11) is 0. The zero-order valence-electron chi connectivity index (χ0n) is 7.81. The van der Waals surface area contributed by atoms with Gasteiger partial charge in [0.2, 0.25) is 0 Å². The van der Waals surface area contributed by atoms with Crippen LogP contribution in [-0.2, 0) is 0 Å². The summed E-state index contributed by atoms with van der Waals surface area (Å²) in [6.45, 7) is 0. The highest BCUT2D eigenvalue weighted by Crippen LogP contribution is 2.30. The van der Waals surface area contributed by atoms with Gasteiger partial charge in [0.15, 0.2) is 0 Å². The van der Waals surface area contributed by atoms with Gasteiger partial charge < -0.3 is 10.2 Å². The summed E-state index contributed by atoms with van der Waals surface area (Å²) in [5.74, 6) is 0.467. The zero-order valence-corrected chi connectivity index (χ0v) is 9.40. The first-order valence-electron chi connectivity index (χ1n) is 4.45. The van der Waals surface area contributed by atoms with Crippen molar-refractivity contribution in [3.63, 3.8) is 0 Å². The SMILES string of the molecule is Oc1ccc(-c2ccc(O)c(Br)c2)cc1. The van der Waals surface area contributed by atoms with Crippen LogP contribution in [-0.4, -0.2) is 10.2 Å². The minimum absolute atomic E-state index is 0.220. The van der Waals surface area contributed by atoms with Crippen LogP contribution in [0.3, 0.4) is 0 Å². The molecule has 0 unspecified atom stereocenters. The number of rotatable bonds is 1. The van der Waals surface area contributed by atoms with Crippen LogP contribution in [0, 0.1) is 0 Å². The number of phenolic OH excluding ortho intramolecular Hbond substituents is 2. The van der Waals surface area contributed by atoms with Crippen molar-refractivity contribution in [1.82, 2.24) is 0 Å². The second-order valence-electron chi connectivity index (χ2n) is 3.21. The fourth-order valence-corrected chi connectivity index (χ4v) is 1.72. The van der Waals surface area contributed by atoms with Crippen molar-refractivity contribution >= 4 is 15.9 Å². The van der Waals surface area contributed by atoms with E-state index in [2.05, 4.69) is 15.9 Å². The van der Waals surface area contributed by atoms with Gasteiger partial charge in [-0.1, -0.05) is 18.2 Å². The maximum Gasteiger partial charge on any atom is 0.129 e. The standard InChI is InChI=1S/C12H9BrO2/c13-11-7-9(3-6-12(11)15)8-1-4-10(14)5-2-8/h1-7,14-15H. The summed E-state index contributed by atoms with van der Waals surface area (Å²) in [5, 5.41) is 18.5. The molecule has 2 aromatic carbocycles. The summed E-state index contributed by atoms with van der Waals surface area (Å²) in [5.41, 5.74) is 1.98. The third-order valence-electron chi connectivity index (χ3n) is 2.15. The Bertz CT molecular complexity index is 477. The fraction of sp³-hybridized carbons (Fsp3) is 0. The normalized spacial score (nSPS) is 10.2. The lowest BCUT2D eigenvalue weighted by molar-refractivity contribution is 0.472. The predicted molar refractivity (Wildman–Crippen MR) is 62.9 cm³/mol. The molecule has 0 aliphatic rings. The Hall–Kier alpha value is -1.48. The highest BCUT2D eigenvalue weighted by atomic mass is 79.9. The Morgan fingerprint density at radius 2 is 1.40 bits per heavy atom. The van der Waals surface area contributed by atoms with Gasteiger partial charge in [-0.3, -0.25) is 0 Å². The van der Waals surface area contributed by atoms with Gasteiger partial charge in [0.05, 0.1) is 4.47 Å². The molecule has 0 amide bonds. The molecule has 2 N–H and O–H groups in total. The van der Waals surface area contributed by atoms with Gasteiger partial charge in [-0.05, 0) is 51.3 Å². The van der Waals surface area contributed by atoms with Crippen molar-refractivity contribution in [2.24, 2.45) is 0 Å². The van der Waals surface area contributed by atoms with Crippen LogP contribution in [0.4, 0.5) is 0 Å². The average Bonchev–Trinajstić information content (AvgIpc) is 2.23. The van der Waals surface area contributed by atoms with Crippen molar-refractivity contribution in [2.75, 3.05) is 0 Å². The smallest absolute Gasteiger partial charge is 0.129 e. The van der Waals surface area contributed by atoms with Crippen molar-refractivity contribution in [1.29, 1.82) is 0 Å². The summed E-state index contributed by atoms with van der Waals surface area (Å²) >= 11 is 3.26. The van der Waals surface area contributed by atoms with E-state index in [0.717, 1.165) is 11.1 Å². The second kappa shape index (κ2) is 3.95. The predicted octanol–water partition coefficient (Wildman–Crippen LogP) is 3.53. The highest BCUT2D eigenvalue weighted by molar-refractivity contribution is 9.10. The lowest BCUT2D eigenvalue weighted by Crippen LogP contribution is -1.77. The molecule has 0 saturated carbocycles. The Labute approximate surface area is 95.9 Å². The first-order chi connectivity index (χ1) is 7.16. The molecular weight excluding hydrogens is 256 g/mol. The molecule has 0 fully saturated rings. The third kappa shape index (κ3) is 2.13. The van der Waals surface area contributed by atoms with Crippen LogP contribution in [0.1, 0.15) is 0 Å². The molecule has 2 rings (SSSR count). The summed E-state index contributed by atoms with van der Waals surface area (Å²) < 4.78 is 0.660. The van der Waals surface area contributed by atoms with Gasteiger partial charge in [-0.2, -0.15) is 0 Å². The van der Waals surface area contributed by atoms with Gasteiger partial charge in [0.1, 0.15) is 11.5 Å². The van der Waals surface area contributed by atoms with E-state index in [9.17, 15) is 5.11 Å². The topological polar surface area (TPSA) is 40.5 Å². The van der Waals surface area contributed by atoms with Crippen LogP contribution in [0.5, 0.6) is 11.5 Å². The highest BCUT2D eigenvalue weighted by Gasteiger charge is 2.01. The quantitative estimate of drug-likeness (QED) is 0.828. The van der Waals surface area contributed by atoms with Crippen molar-refractivity contribution < 1.29 is 10.2 Å². The van der Waals surface area contributed by atoms with Gasteiger partial charge in [-0.25, -0.2) is 0 Å². The molecular formula is C12H9BrO2. The molecule has 2 nitrogen and oxygen atoms in total. The minimum atomic E-state index is 0.220. The van der Waals surface area contributed by atoms with Crippen molar-refractivity contribution in [2.45, 2.75) is 0 Å². The number of hydrogen-bond acceptors (Lipinski definition) is 2. The molecule has 76 valence electrons. The van der Waals surface area contributed by atoms with Gasteiger partial charge in [0.25, 0.3) is 0 Å². The molecule has 0 aliphatic carbocycles. The molecule has 0 aliphatic heterocycles. The molecule has 15 heavy (non-hydrogen) atoms. The number of halogens is 1. The van der Waals surface area contributed by atoms with Crippen LogP contribution in [0.15, 0.2) is 46.9 Å². The van der Waals surface area contributed by atoms with Crippen LogP contribution in [0.25, 0.3) is 11.1 Å². The molecule has 3 heteroatoms. The van der Waals surface area contributed by atoms with E-state index in [1.807, 2.05) is 24.3 Å². The monoisotopic (exact) mass is 264 g/mol. The maximum absolute atomic E-state index is 9.35. The molecule has 0 bridgehead atoms. The lowest BCUT2D eigenvalue weighted by Gasteiger charge is -2.03. The third-order valence-corrected chi connectivity index (χ3v) is 2.78. The van der Waals surface area contributed by atoms with E-state index in [1.54, 1.807) is 18.2 Å². The average molecular weight is 265 g/mol. The number of benzene rings is 2. The van der Waals surface area contributed by atoms with E-state index in [1.165, 1.54) is 0 Å². The molecule has 0 atom stereocenters. The van der Waals surface area contributed by atoms with Crippen LogP contribution in [0.2, 0.25) is 0 Å². The van der Waals surface area contributed by atoms with Gasteiger partial charge >= 0.3 is 0 Å². The first kappa shape index (κ1) is 10.1. The summed E-state index contributed by atoms with van der Waals surface area (Å²) in [4.78, 5) is 0. The minimum Gasteiger partial charge on any atom is -0.508 e. The van der Waals surface area contributed by atoms with Gasteiger partial charge in [-0.15, -0.1) is 0 Å². The molecule has 0 aromatic heterocycles. The van der Waals surface area contributed by atoms with E-state index in [-0.39, 0.29) is 11.5 Å². The van der Waals surface area contributed by atoms with E-state index in [4.69, 9.17) is 5.11 Å². The largest absolute Gasteiger partial charge is 0.508 e. The van der Waals surface area contributed by atoms with E-state index >= 15 is 0 Å². The first-order valence-corrected chi connectivity index (χ1v) is 5.24. The Morgan fingerprint density at radius 3 is 2.00 bits per heavy atom. The van der Waals surface area contributed by atoms with Crippen molar-refractivity contribution in [3.05, 3.63) is 46.9 Å². The Balaban J connectivity index is 2.45. The summed E-state index contributed by atoms with van der Waals surface area (Å²) in [6, 6.07) is 12.2. The van der Waals surface area contributed by atoms with Crippen molar-refractivity contribution in [3.8, 4) is 22.6 Å². The van der Waals surface area contributed by atoms with Gasteiger partial charge in [0, 0.05) is 0 Å². The molecule has 0 spiro atoms. The lowest BCUT2D eigenvalue weighted by atomic mass is 10.1. The zero-order chi connectivity index (χ0) is 10.8. The molecule has 0 heterocycles. The second-order valence-corrected chi connectivity index (χ2v) is 4.07. The number of phenols is 2. The number of aromatic hydroxyl groups is 2. The van der Waals surface area contributed by atoms with E-state index < -0.39 is 0 Å². The number of hydrogen-bond donors (Lipinski definition) is 2. The molecule has 2 aromatic rings. The fourth-order valence-electron chi connectivity index (χ4n) is 1.34. The van der Waals surface area contributed by atoms with Crippen LogP contribution >= 0.6 is 15.9 Å². The molecule has 0 radical (unpaired) electrons.